The summed E-state index contributed by atoms with van der Waals surface area (Å²) in [6.07, 6.45) is 3.21. The normalized spacial score (nSPS) is 11.9. The van der Waals surface area contributed by atoms with E-state index in [1.165, 1.54) is 22.3 Å². The van der Waals surface area contributed by atoms with E-state index in [9.17, 15) is 0 Å². The molecule has 14 heavy (non-hydrogen) atoms. The molecular formula is C13H17Cl. The molecule has 0 unspecified atom stereocenters. The molecule has 76 valence electrons. The zero-order valence-corrected chi connectivity index (χ0v) is 9.86. The van der Waals surface area contributed by atoms with Crippen LogP contribution in [0, 0.1) is 13.8 Å². The summed E-state index contributed by atoms with van der Waals surface area (Å²) in [7, 11) is 0. The minimum Gasteiger partial charge on any atom is -0.122 e. The number of benzene rings is 1. The largest absolute Gasteiger partial charge is 0.122 e. The Balaban J connectivity index is 3.01. The maximum Gasteiger partial charge on any atom is 0.0436 e. The predicted molar refractivity (Wildman–Crippen MR) is 64.9 cm³/mol. The lowest BCUT2D eigenvalue weighted by Gasteiger charge is -2.03. The third-order valence-electron chi connectivity index (χ3n) is 2.24. The summed E-state index contributed by atoms with van der Waals surface area (Å²) in [6, 6.07) is 6.56. The maximum absolute atomic E-state index is 5.83. The van der Waals surface area contributed by atoms with Crippen LogP contribution in [0.1, 0.15) is 30.0 Å². The number of hydrogen-bond acceptors (Lipinski definition) is 0. The summed E-state index contributed by atoms with van der Waals surface area (Å²) in [5.74, 6) is 0.628. The molecule has 0 atom stereocenters. The van der Waals surface area contributed by atoms with E-state index in [0.29, 0.717) is 5.88 Å². The fourth-order valence-electron chi connectivity index (χ4n) is 1.56. The fourth-order valence-corrected chi connectivity index (χ4v) is 1.83. The lowest BCUT2D eigenvalue weighted by atomic mass is 10.0. The molecule has 0 radical (unpaired) electrons. The van der Waals surface area contributed by atoms with Gasteiger partial charge in [0.25, 0.3) is 0 Å². The number of allylic oxidation sites excluding steroid dienone is 1. The molecule has 0 N–H and O–H groups in total. The summed E-state index contributed by atoms with van der Waals surface area (Å²) in [5, 5.41) is 0. The molecule has 0 nitrogen and oxygen atoms in total. The highest BCUT2D eigenvalue weighted by molar-refractivity contribution is 6.19. The topological polar surface area (TPSA) is 0 Å². The first-order valence-electron chi connectivity index (χ1n) is 4.99. The monoisotopic (exact) mass is 208 g/mol. The van der Waals surface area contributed by atoms with Gasteiger partial charge in [0.05, 0.1) is 0 Å². The van der Waals surface area contributed by atoms with Gasteiger partial charge < -0.3 is 0 Å². The van der Waals surface area contributed by atoms with Crippen molar-refractivity contribution in [1.29, 1.82) is 0 Å². The van der Waals surface area contributed by atoms with Crippen LogP contribution in [0.15, 0.2) is 23.8 Å². The van der Waals surface area contributed by atoms with Gasteiger partial charge in [0.1, 0.15) is 0 Å². The molecule has 0 aliphatic rings. The van der Waals surface area contributed by atoms with Crippen LogP contribution in [-0.2, 0) is 0 Å². The van der Waals surface area contributed by atoms with Crippen LogP contribution < -0.4 is 0 Å². The SMILES string of the molecule is CCC(=Cc1cc(C)cc(C)c1)CCl. The van der Waals surface area contributed by atoms with Crippen LogP contribution in [0.3, 0.4) is 0 Å². The molecule has 0 aromatic heterocycles. The van der Waals surface area contributed by atoms with Crippen molar-refractivity contribution in [2.24, 2.45) is 0 Å². The summed E-state index contributed by atoms with van der Waals surface area (Å²) in [5.41, 5.74) is 5.17. The number of alkyl halides is 1. The molecule has 0 amide bonds. The van der Waals surface area contributed by atoms with E-state index in [4.69, 9.17) is 11.6 Å². The van der Waals surface area contributed by atoms with Crippen molar-refractivity contribution in [3.05, 3.63) is 40.5 Å². The van der Waals surface area contributed by atoms with Gasteiger partial charge in [-0.15, -0.1) is 11.6 Å². The molecule has 0 aliphatic heterocycles. The van der Waals surface area contributed by atoms with Crippen molar-refractivity contribution in [3.8, 4) is 0 Å². The van der Waals surface area contributed by atoms with Gasteiger partial charge in [-0.3, -0.25) is 0 Å². The lowest BCUT2D eigenvalue weighted by molar-refractivity contribution is 1.12. The minimum absolute atomic E-state index is 0.628. The first-order chi connectivity index (χ1) is 6.65. The summed E-state index contributed by atoms with van der Waals surface area (Å²) >= 11 is 5.83. The third kappa shape index (κ3) is 3.19. The Morgan fingerprint density at radius 2 is 1.79 bits per heavy atom. The van der Waals surface area contributed by atoms with Gasteiger partial charge in [-0.1, -0.05) is 47.9 Å². The molecule has 1 aromatic carbocycles. The van der Waals surface area contributed by atoms with Crippen LogP contribution in [0.25, 0.3) is 6.08 Å². The average molecular weight is 209 g/mol. The van der Waals surface area contributed by atoms with Crippen LogP contribution in [-0.4, -0.2) is 5.88 Å². The predicted octanol–water partition coefficient (Wildman–Crippen LogP) is 4.34. The van der Waals surface area contributed by atoms with E-state index >= 15 is 0 Å². The first-order valence-corrected chi connectivity index (χ1v) is 5.53. The Kier molecular flexibility index (Phi) is 4.21. The van der Waals surface area contributed by atoms with Gasteiger partial charge in [-0.05, 0) is 25.8 Å². The fraction of sp³-hybridized carbons (Fsp3) is 0.385. The molecule has 1 heteroatoms. The van der Waals surface area contributed by atoms with Crippen molar-refractivity contribution < 1.29 is 0 Å². The molecule has 0 saturated heterocycles. The third-order valence-corrected chi connectivity index (χ3v) is 2.58. The second-order valence-corrected chi connectivity index (χ2v) is 3.98. The zero-order valence-electron chi connectivity index (χ0n) is 9.10. The van der Waals surface area contributed by atoms with E-state index < -0.39 is 0 Å². The number of halogens is 1. The molecule has 0 fully saturated rings. The van der Waals surface area contributed by atoms with Crippen molar-refractivity contribution in [3.63, 3.8) is 0 Å². The Bertz CT molecular complexity index is 311. The highest BCUT2D eigenvalue weighted by Gasteiger charge is 1.95. The van der Waals surface area contributed by atoms with Gasteiger partial charge in [0, 0.05) is 5.88 Å². The smallest absolute Gasteiger partial charge is 0.0436 e. The number of aryl methyl sites for hydroxylation is 2. The Hall–Kier alpha value is -0.750. The molecule has 0 bridgehead atoms. The van der Waals surface area contributed by atoms with Crippen LogP contribution in [0.5, 0.6) is 0 Å². The van der Waals surface area contributed by atoms with Gasteiger partial charge in [-0.25, -0.2) is 0 Å². The van der Waals surface area contributed by atoms with Crippen LogP contribution >= 0.6 is 11.6 Å². The summed E-state index contributed by atoms with van der Waals surface area (Å²) < 4.78 is 0. The zero-order chi connectivity index (χ0) is 10.6. The Morgan fingerprint density at radius 1 is 1.21 bits per heavy atom. The van der Waals surface area contributed by atoms with Crippen molar-refractivity contribution in [2.45, 2.75) is 27.2 Å². The van der Waals surface area contributed by atoms with Gasteiger partial charge >= 0.3 is 0 Å². The highest BCUT2D eigenvalue weighted by atomic mass is 35.5. The minimum atomic E-state index is 0.628. The second kappa shape index (κ2) is 5.21. The maximum atomic E-state index is 5.83. The van der Waals surface area contributed by atoms with Crippen molar-refractivity contribution in [2.75, 3.05) is 5.88 Å². The summed E-state index contributed by atoms with van der Waals surface area (Å²) in [4.78, 5) is 0. The van der Waals surface area contributed by atoms with E-state index in [0.717, 1.165) is 6.42 Å². The molecule has 1 aromatic rings. The van der Waals surface area contributed by atoms with Gasteiger partial charge in [0.2, 0.25) is 0 Å². The summed E-state index contributed by atoms with van der Waals surface area (Å²) in [6.45, 7) is 6.38. The molecule has 0 saturated carbocycles. The molecular weight excluding hydrogens is 192 g/mol. The van der Waals surface area contributed by atoms with E-state index in [1.54, 1.807) is 0 Å². The molecule has 0 heterocycles. The number of rotatable bonds is 3. The first kappa shape index (κ1) is 11.3. The van der Waals surface area contributed by atoms with Gasteiger partial charge in [0.15, 0.2) is 0 Å². The van der Waals surface area contributed by atoms with Crippen molar-refractivity contribution >= 4 is 17.7 Å². The Morgan fingerprint density at radius 3 is 2.21 bits per heavy atom. The van der Waals surface area contributed by atoms with E-state index in [1.807, 2.05) is 0 Å². The second-order valence-electron chi connectivity index (χ2n) is 3.71. The quantitative estimate of drug-likeness (QED) is 0.649. The van der Waals surface area contributed by atoms with E-state index in [-0.39, 0.29) is 0 Å². The highest BCUT2D eigenvalue weighted by Crippen LogP contribution is 2.14. The molecule has 1 rings (SSSR count). The average Bonchev–Trinajstić information content (AvgIpc) is 2.12. The van der Waals surface area contributed by atoms with Crippen LogP contribution in [0.4, 0.5) is 0 Å². The standard InChI is InChI=1S/C13H17Cl/c1-4-12(9-14)8-13-6-10(2)5-11(3)7-13/h5-8H,4,9H2,1-3H3. The molecule has 0 aliphatic carbocycles. The number of hydrogen-bond donors (Lipinski definition) is 0. The lowest BCUT2D eigenvalue weighted by Crippen LogP contribution is -1.85. The van der Waals surface area contributed by atoms with Gasteiger partial charge in [-0.2, -0.15) is 0 Å². The van der Waals surface area contributed by atoms with E-state index in [2.05, 4.69) is 45.0 Å². The Labute approximate surface area is 91.6 Å². The van der Waals surface area contributed by atoms with Crippen LogP contribution in [0.2, 0.25) is 0 Å². The molecule has 0 spiro atoms. The van der Waals surface area contributed by atoms with Crippen molar-refractivity contribution in [1.82, 2.24) is 0 Å².